The third-order valence-electron chi connectivity index (χ3n) is 2.59. The number of hydrogen-bond acceptors (Lipinski definition) is 6. The summed E-state index contributed by atoms with van der Waals surface area (Å²) in [5.74, 6) is -2.35. The smallest absolute Gasteiger partial charge is 0.317 e. The summed E-state index contributed by atoms with van der Waals surface area (Å²) < 4.78 is 0. The van der Waals surface area contributed by atoms with Gasteiger partial charge in [-0.05, 0) is 6.07 Å². The summed E-state index contributed by atoms with van der Waals surface area (Å²) in [4.78, 5) is 43.3. The highest BCUT2D eigenvalue weighted by atomic mass is 35.5. The second-order valence-corrected chi connectivity index (χ2v) is 4.64. The Morgan fingerprint density at radius 2 is 1.81 bits per heavy atom. The van der Waals surface area contributed by atoms with E-state index in [1.807, 2.05) is 5.32 Å². The largest absolute Gasteiger partial charge is 0.365 e. The number of nitro benzene ring substituents is 1. The van der Waals surface area contributed by atoms with Crippen LogP contribution in [0.2, 0.25) is 10.0 Å². The topological polar surface area (TPSA) is 144 Å². The molecule has 0 saturated heterocycles. The number of fused-ring (bicyclic) bond motifs is 1. The van der Waals surface area contributed by atoms with Crippen LogP contribution in [0.4, 0.5) is 11.4 Å². The number of amides is 2. The van der Waals surface area contributed by atoms with E-state index in [4.69, 9.17) is 23.2 Å². The minimum atomic E-state index is -2.08. The molecule has 0 fully saturated rings. The molecule has 12 heteroatoms. The second-order valence-electron chi connectivity index (χ2n) is 3.85. The normalized spacial score (nSPS) is 17.3. The molecule has 0 saturated carbocycles. The fourth-order valence-corrected chi connectivity index (χ4v) is 2.14. The van der Waals surface area contributed by atoms with Gasteiger partial charge in [0.05, 0.1) is 20.6 Å². The van der Waals surface area contributed by atoms with E-state index in [1.54, 1.807) is 5.32 Å². The van der Waals surface area contributed by atoms with E-state index in [9.17, 15) is 29.8 Å². The van der Waals surface area contributed by atoms with E-state index in [0.717, 1.165) is 6.07 Å². The van der Waals surface area contributed by atoms with Gasteiger partial charge in [0.25, 0.3) is 5.91 Å². The van der Waals surface area contributed by atoms with Crippen molar-refractivity contribution < 1.29 is 19.4 Å². The Balaban J connectivity index is 2.71. The number of anilines is 1. The monoisotopic (exact) mass is 334 g/mol. The maximum absolute atomic E-state index is 11.9. The first-order valence-electron chi connectivity index (χ1n) is 5.15. The van der Waals surface area contributed by atoms with Crippen molar-refractivity contribution in [3.63, 3.8) is 0 Å². The molecule has 0 spiro atoms. The lowest BCUT2D eigenvalue weighted by atomic mass is 10.1. The van der Waals surface area contributed by atoms with Gasteiger partial charge in [-0.1, -0.05) is 23.2 Å². The molecule has 1 aromatic rings. The number of hydrogen-bond donors (Lipinski definition) is 2. The van der Waals surface area contributed by atoms with Crippen molar-refractivity contribution in [1.29, 1.82) is 0 Å². The number of benzene rings is 1. The molecular formula is C9H4Cl2N4O6. The Bertz CT molecular complexity index is 706. The standard InChI is InChI=1S/C9H4Cl2N4O6/c10-2-1-3-4(6(5(2)11)14(18)19)8(16)13-7(15(20)21)9(17)12-3/h1,7H,(H,12,17)(H,13,16). The van der Waals surface area contributed by atoms with E-state index in [-0.39, 0.29) is 10.7 Å². The Hall–Kier alpha value is -2.46. The molecule has 1 aliphatic rings. The Morgan fingerprint density at radius 1 is 1.19 bits per heavy atom. The molecule has 1 unspecified atom stereocenters. The van der Waals surface area contributed by atoms with Crippen LogP contribution < -0.4 is 10.6 Å². The van der Waals surface area contributed by atoms with Gasteiger partial charge in [0.1, 0.15) is 10.6 Å². The number of carbonyl (C=O) groups is 2. The zero-order valence-electron chi connectivity index (χ0n) is 9.75. The fourth-order valence-electron chi connectivity index (χ4n) is 1.72. The molecule has 1 heterocycles. The highest BCUT2D eigenvalue weighted by Crippen LogP contribution is 2.40. The second kappa shape index (κ2) is 5.14. The molecule has 1 aromatic carbocycles. The van der Waals surface area contributed by atoms with Crippen LogP contribution in [0.3, 0.4) is 0 Å². The van der Waals surface area contributed by atoms with Crippen LogP contribution in [0.1, 0.15) is 10.4 Å². The van der Waals surface area contributed by atoms with Crippen LogP contribution in [0, 0.1) is 20.2 Å². The maximum Gasteiger partial charge on any atom is 0.365 e. The number of rotatable bonds is 2. The lowest BCUT2D eigenvalue weighted by Crippen LogP contribution is -2.46. The van der Waals surface area contributed by atoms with Crippen molar-refractivity contribution >= 4 is 46.4 Å². The van der Waals surface area contributed by atoms with Crippen molar-refractivity contribution in [1.82, 2.24) is 5.32 Å². The summed E-state index contributed by atoms with van der Waals surface area (Å²) in [6.45, 7) is 0. The lowest BCUT2D eigenvalue weighted by Gasteiger charge is -2.07. The number of nitrogens with one attached hydrogen (secondary N) is 2. The van der Waals surface area contributed by atoms with Crippen LogP contribution in [-0.4, -0.2) is 27.8 Å². The predicted octanol–water partition coefficient (Wildman–Crippen LogP) is 1.19. The fraction of sp³-hybridized carbons (Fsp3) is 0.111. The molecule has 0 bridgehead atoms. The van der Waals surface area contributed by atoms with Crippen LogP contribution in [0.15, 0.2) is 6.07 Å². The van der Waals surface area contributed by atoms with Gasteiger partial charge in [-0.15, -0.1) is 0 Å². The Labute approximate surface area is 125 Å². The lowest BCUT2D eigenvalue weighted by molar-refractivity contribution is -0.510. The Morgan fingerprint density at radius 3 is 2.33 bits per heavy atom. The molecule has 2 rings (SSSR count). The van der Waals surface area contributed by atoms with Gasteiger partial charge in [-0.2, -0.15) is 0 Å². The summed E-state index contributed by atoms with van der Waals surface area (Å²) in [6, 6.07) is 1.01. The van der Waals surface area contributed by atoms with Crippen molar-refractivity contribution in [2.24, 2.45) is 0 Å². The first-order chi connectivity index (χ1) is 9.73. The summed E-state index contributed by atoms with van der Waals surface area (Å²) in [5.41, 5.74) is -1.78. The van der Waals surface area contributed by atoms with Gasteiger partial charge in [0, 0.05) is 0 Å². The molecule has 10 nitrogen and oxygen atoms in total. The van der Waals surface area contributed by atoms with Crippen molar-refractivity contribution in [2.45, 2.75) is 6.17 Å². The maximum atomic E-state index is 11.9. The summed E-state index contributed by atoms with van der Waals surface area (Å²) >= 11 is 11.4. The minimum absolute atomic E-state index is 0.283. The summed E-state index contributed by atoms with van der Waals surface area (Å²) in [6.07, 6.45) is -2.08. The molecule has 1 atom stereocenters. The molecule has 0 aliphatic carbocycles. The highest BCUT2D eigenvalue weighted by Gasteiger charge is 2.40. The van der Waals surface area contributed by atoms with E-state index in [2.05, 4.69) is 0 Å². The van der Waals surface area contributed by atoms with Gasteiger partial charge in [-0.3, -0.25) is 35.1 Å². The molecule has 1 aliphatic heterocycles. The highest BCUT2D eigenvalue weighted by molar-refractivity contribution is 6.44. The Kier molecular flexibility index (Phi) is 3.66. The van der Waals surface area contributed by atoms with Crippen LogP contribution in [-0.2, 0) is 4.79 Å². The number of nitrogens with zero attached hydrogens (tertiary/aromatic N) is 2. The molecular weight excluding hydrogens is 331 g/mol. The number of halogens is 2. The molecule has 2 N–H and O–H groups in total. The van der Waals surface area contributed by atoms with Crippen LogP contribution in [0.5, 0.6) is 0 Å². The minimum Gasteiger partial charge on any atom is -0.317 e. The first kappa shape index (κ1) is 14.9. The van der Waals surface area contributed by atoms with Gasteiger partial charge < -0.3 is 5.32 Å². The van der Waals surface area contributed by atoms with Gasteiger partial charge >= 0.3 is 17.8 Å². The average molecular weight is 335 g/mol. The van der Waals surface area contributed by atoms with E-state index in [0.29, 0.717) is 0 Å². The van der Waals surface area contributed by atoms with Crippen LogP contribution >= 0.6 is 23.2 Å². The molecule has 21 heavy (non-hydrogen) atoms. The molecule has 0 radical (unpaired) electrons. The van der Waals surface area contributed by atoms with Crippen molar-refractivity contribution in [2.75, 3.05) is 5.32 Å². The number of carbonyl (C=O) groups excluding carboxylic acids is 2. The van der Waals surface area contributed by atoms with E-state index in [1.165, 1.54) is 0 Å². The molecule has 110 valence electrons. The molecule has 2 amide bonds. The first-order valence-corrected chi connectivity index (χ1v) is 5.91. The van der Waals surface area contributed by atoms with Gasteiger partial charge in [0.15, 0.2) is 0 Å². The van der Waals surface area contributed by atoms with Gasteiger partial charge in [-0.25, -0.2) is 0 Å². The average Bonchev–Trinajstić information content (AvgIpc) is 2.48. The van der Waals surface area contributed by atoms with E-state index >= 15 is 0 Å². The van der Waals surface area contributed by atoms with Crippen LogP contribution in [0.25, 0.3) is 0 Å². The predicted molar refractivity (Wildman–Crippen MR) is 70.0 cm³/mol. The summed E-state index contributed by atoms with van der Waals surface area (Å²) in [5, 5.41) is 24.8. The zero-order valence-corrected chi connectivity index (χ0v) is 11.3. The molecule has 0 aromatic heterocycles. The number of nitro groups is 2. The van der Waals surface area contributed by atoms with Crippen molar-refractivity contribution in [3.05, 3.63) is 41.9 Å². The zero-order chi connectivity index (χ0) is 15.9. The SMILES string of the molecule is O=C1NC([N+](=O)[O-])C(=O)Nc2cc(Cl)c(Cl)c([N+](=O)[O-])c21. The third-order valence-corrected chi connectivity index (χ3v) is 3.37. The summed E-state index contributed by atoms with van der Waals surface area (Å²) in [7, 11) is 0. The quantitative estimate of drug-likeness (QED) is 0.613. The third kappa shape index (κ3) is 2.45. The van der Waals surface area contributed by atoms with Crippen molar-refractivity contribution in [3.8, 4) is 0 Å². The van der Waals surface area contributed by atoms with E-state index < -0.39 is 44.1 Å². The van der Waals surface area contributed by atoms with Gasteiger partial charge in [0.2, 0.25) is 0 Å².